The molecule has 1 aliphatic rings. The minimum atomic E-state index is -4.79. The lowest BCUT2D eigenvalue weighted by atomic mass is 9.80. The van der Waals surface area contributed by atoms with Gasteiger partial charge in [0.15, 0.2) is 0 Å². The average molecular weight is 320 g/mol. The first-order chi connectivity index (χ1) is 10.2. The van der Waals surface area contributed by atoms with Crippen LogP contribution < -0.4 is 5.73 Å². The van der Waals surface area contributed by atoms with Gasteiger partial charge in [0, 0.05) is 6.20 Å². The predicted molar refractivity (Wildman–Crippen MR) is 73.1 cm³/mol. The normalized spacial score (nSPS) is 17.4. The Morgan fingerprint density at radius 2 is 2.05 bits per heavy atom. The third-order valence-corrected chi connectivity index (χ3v) is 3.62. The Bertz CT molecular complexity index is 470. The zero-order valence-corrected chi connectivity index (χ0v) is 12.2. The van der Waals surface area contributed by atoms with Crippen molar-refractivity contribution in [1.29, 1.82) is 0 Å². The number of rotatable bonds is 6. The molecule has 0 radical (unpaired) electrons. The molecule has 0 aromatic heterocycles. The van der Waals surface area contributed by atoms with Crippen LogP contribution in [-0.4, -0.2) is 36.1 Å². The van der Waals surface area contributed by atoms with Crippen molar-refractivity contribution in [3.05, 3.63) is 24.6 Å². The van der Waals surface area contributed by atoms with Gasteiger partial charge in [0.1, 0.15) is 11.7 Å². The smallest absolute Gasteiger partial charge is 0.432 e. The molecule has 8 heteroatoms. The average Bonchev–Trinajstić information content (AvgIpc) is 2.41. The number of nitrogens with zero attached hydrogens (tertiary/aromatic N) is 1. The van der Waals surface area contributed by atoms with Gasteiger partial charge in [0.25, 0.3) is 5.91 Å². The predicted octanol–water partition coefficient (Wildman–Crippen LogP) is 2.10. The highest BCUT2D eigenvalue weighted by atomic mass is 19.4. The molecule has 0 saturated heterocycles. The van der Waals surface area contributed by atoms with Crippen molar-refractivity contribution in [3.8, 4) is 0 Å². The second kappa shape index (κ2) is 7.33. The van der Waals surface area contributed by atoms with Crippen molar-refractivity contribution in [2.24, 2.45) is 11.7 Å². The number of allylic oxidation sites excluding steroid dienone is 1. The van der Waals surface area contributed by atoms with E-state index in [2.05, 4.69) is 11.3 Å². The van der Waals surface area contributed by atoms with Gasteiger partial charge in [-0.25, -0.2) is 4.79 Å². The number of alkyl halides is 3. The SMILES string of the molecule is C=CC(=O)N(/C=C(\N)C(F)(F)F)[C@@H](CC1CCC1)C(=O)OC. The fourth-order valence-electron chi connectivity index (χ4n) is 2.14. The summed E-state index contributed by atoms with van der Waals surface area (Å²) in [5.41, 5.74) is 3.49. The van der Waals surface area contributed by atoms with Gasteiger partial charge in [-0.2, -0.15) is 13.2 Å². The van der Waals surface area contributed by atoms with Crippen LogP contribution in [0.15, 0.2) is 24.6 Å². The summed E-state index contributed by atoms with van der Waals surface area (Å²) in [6, 6.07) is -1.15. The molecule has 0 aliphatic heterocycles. The number of nitrogens with two attached hydrogens (primary N) is 1. The zero-order chi connectivity index (χ0) is 16.9. The number of amides is 1. The van der Waals surface area contributed by atoms with E-state index in [1.54, 1.807) is 0 Å². The summed E-state index contributed by atoms with van der Waals surface area (Å²) in [5.74, 6) is -1.46. The molecule has 0 unspecified atom stereocenters. The van der Waals surface area contributed by atoms with Crippen molar-refractivity contribution in [1.82, 2.24) is 4.90 Å². The summed E-state index contributed by atoms with van der Waals surface area (Å²) < 4.78 is 42.4. The molecule has 1 amide bonds. The highest BCUT2D eigenvalue weighted by molar-refractivity contribution is 5.92. The van der Waals surface area contributed by atoms with E-state index in [-0.39, 0.29) is 12.3 Å². The number of carbonyl (C=O) groups is 2. The van der Waals surface area contributed by atoms with Gasteiger partial charge in [-0.15, -0.1) is 0 Å². The molecule has 1 atom stereocenters. The van der Waals surface area contributed by atoms with Crippen molar-refractivity contribution < 1.29 is 27.5 Å². The monoisotopic (exact) mass is 320 g/mol. The molecule has 1 saturated carbocycles. The fourth-order valence-corrected chi connectivity index (χ4v) is 2.14. The summed E-state index contributed by atoms with van der Waals surface area (Å²) in [5, 5.41) is 0. The Kier molecular flexibility index (Phi) is 6.01. The standard InChI is InChI=1S/C14H19F3N2O3/c1-3-12(20)19(8-11(18)14(15,16)17)10(13(21)22-2)7-9-5-4-6-9/h3,8-10H,1,4-7,18H2,2H3/b11-8-/t10-/m0/s1. The third-order valence-electron chi connectivity index (χ3n) is 3.62. The molecule has 5 nitrogen and oxygen atoms in total. The van der Waals surface area contributed by atoms with E-state index in [0.29, 0.717) is 11.1 Å². The zero-order valence-electron chi connectivity index (χ0n) is 12.2. The Morgan fingerprint density at radius 1 is 1.45 bits per heavy atom. The van der Waals surface area contributed by atoms with Crippen LogP contribution in [0.3, 0.4) is 0 Å². The van der Waals surface area contributed by atoms with Crippen molar-refractivity contribution in [2.45, 2.75) is 37.9 Å². The van der Waals surface area contributed by atoms with Crippen LogP contribution >= 0.6 is 0 Å². The number of halogens is 3. The van der Waals surface area contributed by atoms with E-state index in [1.165, 1.54) is 0 Å². The lowest BCUT2D eigenvalue weighted by Crippen LogP contribution is -2.44. The molecule has 0 spiro atoms. The first kappa shape index (κ1) is 18.1. The quantitative estimate of drug-likeness (QED) is 0.601. The van der Waals surface area contributed by atoms with E-state index in [1.807, 2.05) is 0 Å². The molecule has 1 rings (SSSR count). The number of carbonyl (C=O) groups excluding carboxylic acids is 2. The second-order valence-corrected chi connectivity index (χ2v) is 5.10. The number of hydrogen-bond donors (Lipinski definition) is 1. The lowest BCUT2D eigenvalue weighted by Gasteiger charge is -2.33. The van der Waals surface area contributed by atoms with Crippen LogP contribution in [0.25, 0.3) is 0 Å². The Morgan fingerprint density at radius 3 is 2.41 bits per heavy atom. The Balaban J connectivity index is 3.10. The highest BCUT2D eigenvalue weighted by Gasteiger charge is 2.37. The fraction of sp³-hybridized carbons (Fsp3) is 0.571. The Hall–Kier alpha value is -1.99. The topological polar surface area (TPSA) is 72.6 Å². The lowest BCUT2D eigenvalue weighted by molar-refractivity contribution is -0.150. The highest BCUT2D eigenvalue weighted by Crippen LogP contribution is 2.32. The van der Waals surface area contributed by atoms with Crippen molar-refractivity contribution >= 4 is 11.9 Å². The number of ether oxygens (including phenoxy) is 1. The second-order valence-electron chi connectivity index (χ2n) is 5.10. The van der Waals surface area contributed by atoms with E-state index >= 15 is 0 Å². The van der Waals surface area contributed by atoms with Gasteiger partial charge in [-0.3, -0.25) is 9.69 Å². The summed E-state index contributed by atoms with van der Waals surface area (Å²) in [4.78, 5) is 24.4. The van der Waals surface area contributed by atoms with Crippen molar-refractivity contribution in [2.75, 3.05) is 7.11 Å². The summed E-state index contributed by atoms with van der Waals surface area (Å²) >= 11 is 0. The molecule has 0 aromatic carbocycles. The van der Waals surface area contributed by atoms with Gasteiger partial charge < -0.3 is 10.5 Å². The van der Waals surface area contributed by atoms with Gasteiger partial charge in [-0.05, 0) is 18.4 Å². The summed E-state index contributed by atoms with van der Waals surface area (Å²) in [6.07, 6.45) is -0.579. The molecule has 2 N–H and O–H groups in total. The summed E-state index contributed by atoms with van der Waals surface area (Å²) in [7, 11) is 1.11. The molecular formula is C14H19F3N2O3. The molecule has 1 fully saturated rings. The van der Waals surface area contributed by atoms with Crippen LogP contribution in [0.5, 0.6) is 0 Å². The molecular weight excluding hydrogens is 301 g/mol. The van der Waals surface area contributed by atoms with Gasteiger partial charge in [0.05, 0.1) is 7.11 Å². The molecule has 0 bridgehead atoms. The van der Waals surface area contributed by atoms with Crippen molar-refractivity contribution in [3.63, 3.8) is 0 Å². The van der Waals surface area contributed by atoms with E-state index < -0.39 is 29.8 Å². The van der Waals surface area contributed by atoms with Crippen LogP contribution in [-0.2, 0) is 14.3 Å². The number of esters is 1. The number of methoxy groups -OCH3 is 1. The maximum absolute atomic E-state index is 12.6. The molecule has 124 valence electrons. The van der Waals surface area contributed by atoms with E-state index in [4.69, 9.17) is 5.73 Å². The summed E-state index contributed by atoms with van der Waals surface area (Å²) in [6.45, 7) is 3.24. The van der Waals surface area contributed by atoms with Crippen LogP contribution in [0, 0.1) is 5.92 Å². The minimum absolute atomic E-state index is 0.171. The molecule has 22 heavy (non-hydrogen) atoms. The molecule has 0 aromatic rings. The first-order valence-corrected chi connectivity index (χ1v) is 6.77. The maximum atomic E-state index is 12.6. The van der Waals surface area contributed by atoms with Gasteiger partial charge >= 0.3 is 12.1 Å². The van der Waals surface area contributed by atoms with E-state index in [0.717, 1.165) is 32.4 Å². The third kappa shape index (κ3) is 4.51. The molecule has 1 aliphatic carbocycles. The van der Waals surface area contributed by atoms with Gasteiger partial charge in [0.2, 0.25) is 0 Å². The maximum Gasteiger partial charge on any atom is 0.432 e. The Labute approximate surface area is 126 Å². The van der Waals surface area contributed by atoms with Crippen LogP contribution in [0.1, 0.15) is 25.7 Å². The largest absolute Gasteiger partial charge is 0.467 e. The molecule has 0 heterocycles. The van der Waals surface area contributed by atoms with Gasteiger partial charge in [-0.1, -0.05) is 25.8 Å². The van der Waals surface area contributed by atoms with E-state index in [9.17, 15) is 22.8 Å². The number of hydrogen-bond acceptors (Lipinski definition) is 4. The van der Waals surface area contributed by atoms with Crippen LogP contribution in [0.4, 0.5) is 13.2 Å². The van der Waals surface area contributed by atoms with Crippen LogP contribution in [0.2, 0.25) is 0 Å². The minimum Gasteiger partial charge on any atom is -0.467 e. The first-order valence-electron chi connectivity index (χ1n) is 6.77.